The molecule has 2 aliphatic rings. The smallest absolute Gasteiger partial charge is 0.271 e. The third-order valence-electron chi connectivity index (χ3n) is 7.35. The second-order valence-electron chi connectivity index (χ2n) is 9.52. The van der Waals surface area contributed by atoms with Gasteiger partial charge in [-0.25, -0.2) is 0 Å². The summed E-state index contributed by atoms with van der Waals surface area (Å²) in [6.07, 6.45) is 5.57. The molecule has 2 amide bonds. The molecule has 0 radical (unpaired) electrons. The molecule has 3 aromatic rings. The molecule has 2 heterocycles. The van der Waals surface area contributed by atoms with E-state index >= 15 is 0 Å². The Bertz CT molecular complexity index is 1150. The molecule has 2 aromatic carbocycles. The van der Waals surface area contributed by atoms with Crippen molar-refractivity contribution in [3.63, 3.8) is 0 Å². The van der Waals surface area contributed by atoms with Gasteiger partial charge in [-0.1, -0.05) is 67.8 Å². The zero-order valence-electron chi connectivity index (χ0n) is 18.9. The minimum Gasteiger partial charge on any atom is -0.351 e. The summed E-state index contributed by atoms with van der Waals surface area (Å²) in [5.41, 5.74) is 1.69. The molecule has 166 valence electrons. The third-order valence-corrected chi connectivity index (χ3v) is 7.35. The first-order chi connectivity index (χ1) is 15.5. The van der Waals surface area contributed by atoms with Gasteiger partial charge in [0.25, 0.3) is 5.91 Å². The van der Waals surface area contributed by atoms with Crippen LogP contribution in [0, 0.1) is 0 Å². The van der Waals surface area contributed by atoms with Crippen LogP contribution in [0.1, 0.15) is 68.0 Å². The summed E-state index contributed by atoms with van der Waals surface area (Å²) in [5.74, 6) is -0.144. The Morgan fingerprint density at radius 1 is 1.03 bits per heavy atom. The lowest BCUT2D eigenvalue weighted by Gasteiger charge is -2.47. The number of carbonyl (C=O) groups excluding carboxylic acids is 2. The molecule has 0 unspecified atom stereocenters. The molecule has 1 fully saturated rings. The standard InChI is InChI=1S/C27H31N3O2/c1-19(20-11-5-3-6-12-20)30-25(31)24-17-21-13-9-10-16-23(21)29(24)18-27(30,2)26(32)28-22-14-7-4-8-15-22/h3,5-6,9-13,16-17,19,22H,4,7-8,14-15,18H2,1-2H3,(H,28,32)/t19-,27+/m1/s1. The number of aromatic nitrogens is 1. The summed E-state index contributed by atoms with van der Waals surface area (Å²) >= 11 is 0. The van der Waals surface area contributed by atoms with Gasteiger partial charge in [-0.2, -0.15) is 0 Å². The maximum Gasteiger partial charge on any atom is 0.271 e. The van der Waals surface area contributed by atoms with E-state index in [9.17, 15) is 9.59 Å². The van der Waals surface area contributed by atoms with E-state index in [1.807, 2.05) is 84.0 Å². The number of nitrogens with one attached hydrogen (secondary N) is 1. The minimum atomic E-state index is -0.988. The lowest BCUT2D eigenvalue weighted by Crippen LogP contribution is -2.65. The van der Waals surface area contributed by atoms with Crippen molar-refractivity contribution < 1.29 is 9.59 Å². The second-order valence-corrected chi connectivity index (χ2v) is 9.52. The zero-order valence-corrected chi connectivity index (χ0v) is 18.9. The van der Waals surface area contributed by atoms with Crippen LogP contribution in [-0.2, 0) is 11.3 Å². The van der Waals surface area contributed by atoms with Crippen LogP contribution < -0.4 is 5.32 Å². The van der Waals surface area contributed by atoms with Crippen LogP contribution >= 0.6 is 0 Å². The van der Waals surface area contributed by atoms with Crippen LogP contribution in [0.3, 0.4) is 0 Å². The van der Waals surface area contributed by atoms with Gasteiger partial charge in [0, 0.05) is 16.9 Å². The average molecular weight is 430 g/mol. The Balaban J connectivity index is 1.59. The van der Waals surface area contributed by atoms with Gasteiger partial charge in [0.2, 0.25) is 5.91 Å². The SMILES string of the molecule is C[C@H](c1ccccc1)N1C(=O)c2cc3ccccc3n2C[C@@]1(C)C(=O)NC1CCCCC1. The fourth-order valence-corrected chi connectivity index (χ4v) is 5.54. The van der Waals surface area contributed by atoms with Gasteiger partial charge in [-0.3, -0.25) is 9.59 Å². The van der Waals surface area contributed by atoms with Crippen LogP contribution in [0.25, 0.3) is 10.9 Å². The van der Waals surface area contributed by atoms with Gasteiger partial charge >= 0.3 is 0 Å². The van der Waals surface area contributed by atoms with Gasteiger partial charge in [-0.15, -0.1) is 0 Å². The maximum absolute atomic E-state index is 13.9. The van der Waals surface area contributed by atoms with Crippen molar-refractivity contribution in [1.82, 2.24) is 14.8 Å². The summed E-state index contributed by atoms with van der Waals surface area (Å²) in [4.78, 5) is 29.6. The summed E-state index contributed by atoms with van der Waals surface area (Å²) < 4.78 is 2.03. The largest absolute Gasteiger partial charge is 0.351 e. The Hall–Kier alpha value is -3.08. The topological polar surface area (TPSA) is 54.3 Å². The van der Waals surface area contributed by atoms with Gasteiger partial charge in [0.15, 0.2) is 0 Å². The van der Waals surface area contributed by atoms with Crippen LogP contribution in [0.2, 0.25) is 0 Å². The second kappa shape index (κ2) is 8.12. The number of nitrogens with zero attached hydrogens (tertiary/aromatic N) is 2. The molecule has 5 nitrogen and oxygen atoms in total. The Morgan fingerprint density at radius 3 is 2.47 bits per heavy atom. The first-order valence-electron chi connectivity index (χ1n) is 11.8. The Kier molecular flexibility index (Phi) is 5.28. The number of hydrogen-bond donors (Lipinski definition) is 1. The van der Waals surface area contributed by atoms with Gasteiger partial charge in [0.05, 0.1) is 12.6 Å². The lowest BCUT2D eigenvalue weighted by atomic mass is 9.89. The fourth-order valence-electron chi connectivity index (χ4n) is 5.54. The number of benzene rings is 2. The number of carbonyl (C=O) groups is 2. The highest BCUT2D eigenvalue weighted by Crippen LogP contribution is 2.38. The first kappa shape index (κ1) is 20.8. The van der Waals surface area contributed by atoms with Crippen molar-refractivity contribution in [2.45, 2.75) is 70.1 Å². The predicted molar refractivity (Wildman–Crippen MR) is 126 cm³/mol. The zero-order chi connectivity index (χ0) is 22.3. The quantitative estimate of drug-likeness (QED) is 0.630. The highest BCUT2D eigenvalue weighted by atomic mass is 16.2. The van der Waals surface area contributed by atoms with E-state index in [1.165, 1.54) is 6.42 Å². The van der Waals surface area contributed by atoms with Crippen molar-refractivity contribution in [2.75, 3.05) is 0 Å². The van der Waals surface area contributed by atoms with Crippen molar-refractivity contribution in [1.29, 1.82) is 0 Å². The maximum atomic E-state index is 13.9. The van der Waals surface area contributed by atoms with Crippen LogP contribution in [0.4, 0.5) is 0 Å². The van der Waals surface area contributed by atoms with Crippen LogP contribution in [-0.4, -0.2) is 32.9 Å². The molecule has 1 saturated carbocycles. The first-order valence-corrected chi connectivity index (χ1v) is 11.8. The molecule has 0 spiro atoms. The number of fused-ring (bicyclic) bond motifs is 3. The monoisotopic (exact) mass is 429 g/mol. The normalized spacial score (nSPS) is 22.6. The van der Waals surface area contributed by atoms with Gasteiger partial charge in [-0.05, 0) is 44.4 Å². The van der Waals surface area contributed by atoms with E-state index in [1.54, 1.807) is 0 Å². The highest BCUT2D eigenvalue weighted by Gasteiger charge is 2.50. The Morgan fingerprint density at radius 2 is 1.72 bits per heavy atom. The molecule has 1 aromatic heterocycles. The molecule has 1 N–H and O–H groups in total. The molecule has 1 aliphatic heterocycles. The summed E-state index contributed by atoms with van der Waals surface area (Å²) in [6, 6.07) is 20.0. The lowest BCUT2D eigenvalue weighted by molar-refractivity contribution is -0.135. The molecule has 2 atom stereocenters. The molecule has 5 heteroatoms. The average Bonchev–Trinajstić information content (AvgIpc) is 3.19. The summed E-state index contributed by atoms with van der Waals surface area (Å²) in [7, 11) is 0. The van der Waals surface area contributed by atoms with Gasteiger partial charge < -0.3 is 14.8 Å². The van der Waals surface area contributed by atoms with Crippen molar-refractivity contribution in [3.8, 4) is 0 Å². The van der Waals surface area contributed by atoms with E-state index in [0.717, 1.165) is 42.1 Å². The highest BCUT2D eigenvalue weighted by molar-refractivity contribution is 6.03. The van der Waals surface area contributed by atoms with E-state index in [-0.39, 0.29) is 23.9 Å². The summed E-state index contributed by atoms with van der Waals surface area (Å²) in [5, 5.41) is 4.34. The molecular weight excluding hydrogens is 398 g/mol. The fraction of sp³-hybridized carbons (Fsp3) is 0.407. The molecule has 32 heavy (non-hydrogen) atoms. The molecule has 0 saturated heterocycles. The number of para-hydroxylation sites is 1. The molecule has 1 aliphatic carbocycles. The van der Waals surface area contributed by atoms with Crippen molar-refractivity contribution >= 4 is 22.7 Å². The minimum absolute atomic E-state index is 0.0519. The molecular formula is C27H31N3O2. The number of amides is 2. The van der Waals surface area contributed by atoms with Crippen molar-refractivity contribution in [2.24, 2.45) is 0 Å². The summed E-state index contributed by atoms with van der Waals surface area (Å²) in [6.45, 7) is 4.40. The predicted octanol–water partition coefficient (Wildman–Crippen LogP) is 5.07. The number of rotatable bonds is 4. The van der Waals surface area contributed by atoms with E-state index in [2.05, 4.69) is 5.32 Å². The van der Waals surface area contributed by atoms with Crippen LogP contribution in [0.5, 0.6) is 0 Å². The van der Waals surface area contributed by atoms with E-state index in [0.29, 0.717) is 12.2 Å². The molecule has 0 bridgehead atoms. The van der Waals surface area contributed by atoms with E-state index in [4.69, 9.17) is 0 Å². The Labute approximate surface area is 189 Å². The molecule has 5 rings (SSSR count). The van der Waals surface area contributed by atoms with Crippen molar-refractivity contribution in [3.05, 3.63) is 71.9 Å². The number of hydrogen-bond acceptors (Lipinski definition) is 2. The van der Waals surface area contributed by atoms with E-state index < -0.39 is 5.54 Å². The van der Waals surface area contributed by atoms with Gasteiger partial charge in [0.1, 0.15) is 11.2 Å². The van der Waals surface area contributed by atoms with Crippen LogP contribution in [0.15, 0.2) is 60.7 Å². The third kappa shape index (κ3) is 3.40.